The van der Waals surface area contributed by atoms with Gasteiger partial charge in [0.1, 0.15) is 0 Å². The molecule has 1 unspecified atom stereocenters. The van der Waals surface area contributed by atoms with Crippen LogP contribution in [0, 0.1) is 5.41 Å². The van der Waals surface area contributed by atoms with Crippen molar-refractivity contribution in [3.63, 3.8) is 0 Å². The maximum atomic E-state index is 14.3. The number of carbonyl (C=O) groups excluding carboxylic acids is 2. The molecule has 1 fully saturated rings. The van der Waals surface area contributed by atoms with E-state index in [1.54, 1.807) is 6.92 Å². The first-order valence-corrected chi connectivity index (χ1v) is 13.0. The van der Waals surface area contributed by atoms with Crippen molar-refractivity contribution in [3.05, 3.63) is 69.7 Å². The number of nitrogens with one attached hydrogen (secondary N) is 1. The third kappa shape index (κ3) is 6.19. The number of hydrogen-bond acceptors (Lipinski definition) is 3. The number of benzene rings is 2. The van der Waals surface area contributed by atoms with Crippen LogP contribution in [0.1, 0.15) is 78.4 Å². The van der Waals surface area contributed by atoms with Gasteiger partial charge in [-0.25, -0.2) is 0 Å². The highest BCUT2D eigenvalue weighted by Crippen LogP contribution is 2.52. The molecule has 1 aliphatic heterocycles. The van der Waals surface area contributed by atoms with E-state index in [0.717, 1.165) is 11.1 Å². The van der Waals surface area contributed by atoms with E-state index in [0.29, 0.717) is 22.9 Å². The molecule has 0 aromatic heterocycles. The molecule has 5 nitrogen and oxygen atoms in total. The van der Waals surface area contributed by atoms with Gasteiger partial charge in [0, 0.05) is 29.9 Å². The van der Waals surface area contributed by atoms with Crippen LogP contribution in [0.5, 0.6) is 0 Å². The lowest BCUT2D eigenvalue weighted by atomic mass is 9.66. The van der Waals surface area contributed by atoms with Crippen LogP contribution in [-0.2, 0) is 9.59 Å². The second kappa shape index (κ2) is 11.3. The van der Waals surface area contributed by atoms with Crippen LogP contribution in [0.2, 0.25) is 10.0 Å². The number of aliphatic hydroxyl groups is 1. The molecule has 192 valence electrons. The Morgan fingerprint density at radius 2 is 1.80 bits per heavy atom. The number of likely N-dealkylation sites (tertiary alicyclic amines) is 1. The molecule has 2 aromatic rings. The van der Waals surface area contributed by atoms with Crippen molar-refractivity contribution in [2.75, 3.05) is 0 Å². The first-order chi connectivity index (χ1) is 16.5. The summed E-state index contributed by atoms with van der Waals surface area (Å²) in [6.07, 6.45) is 0.369. The summed E-state index contributed by atoms with van der Waals surface area (Å²) in [5.41, 5.74) is 0.975. The summed E-state index contributed by atoms with van der Waals surface area (Å²) < 4.78 is 0. The van der Waals surface area contributed by atoms with Crippen molar-refractivity contribution >= 4 is 35.0 Å². The van der Waals surface area contributed by atoms with Crippen molar-refractivity contribution < 1.29 is 16.1 Å². The van der Waals surface area contributed by atoms with Gasteiger partial charge in [0.05, 0.1) is 23.6 Å². The summed E-state index contributed by atoms with van der Waals surface area (Å²) in [5, 5.41) is 14.9. The van der Waals surface area contributed by atoms with Crippen molar-refractivity contribution in [2.45, 2.75) is 84.0 Å². The van der Waals surface area contributed by atoms with Crippen LogP contribution in [0.3, 0.4) is 0 Å². The molecule has 2 aromatic carbocycles. The number of piperidine rings is 1. The summed E-state index contributed by atoms with van der Waals surface area (Å²) in [5.74, 6) is -0.421. The van der Waals surface area contributed by atoms with Crippen molar-refractivity contribution in [3.8, 4) is 0 Å². The highest BCUT2D eigenvalue weighted by Gasteiger charge is 2.52. The Kier molecular flexibility index (Phi) is 8.90. The molecule has 5 atom stereocenters. The van der Waals surface area contributed by atoms with E-state index in [-0.39, 0.29) is 37.7 Å². The van der Waals surface area contributed by atoms with Crippen molar-refractivity contribution in [2.24, 2.45) is 5.41 Å². The van der Waals surface area contributed by atoms with E-state index in [9.17, 15) is 14.7 Å². The van der Waals surface area contributed by atoms with E-state index < -0.39 is 17.6 Å². The number of aliphatic hydroxyl groups excluding tert-OH is 1. The molecular formula is C28H38Cl2N2O3. The van der Waals surface area contributed by atoms with Crippen molar-refractivity contribution in [1.82, 2.24) is 10.2 Å². The van der Waals surface area contributed by atoms with Crippen LogP contribution in [0.15, 0.2) is 48.5 Å². The predicted octanol–water partition coefficient (Wildman–Crippen LogP) is 6.38. The summed E-state index contributed by atoms with van der Waals surface area (Å²) >= 11 is 12.6. The van der Waals surface area contributed by atoms with Gasteiger partial charge in [-0.2, -0.15) is 0 Å². The second-order valence-corrected chi connectivity index (χ2v) is 11.1. The Bertz CT molecular complexity index is 1050. The third-order valence-electron chi connectivity index (χ3n) is 6.92. The first-order valence-electron chi connectivity index (χ1n) is 12.3. The van der Waals surface area contributed by atoms with Crippen LogP contribution in [0.4, 0.5) is 0 Å². The molecule has 0 spiro atoms. The minimum Gasteiger partial charge on any atom is -0.391 e. The van der Waals surface area contributed by atoms with Gasteiger partial charge < -0.3 is 15.3 Å². The molecule has 1 heterocycles. The van der Waals surface area contributed by atoms with Crippen molar-refractivity contribution in [1.29, 1.82) is 0 Å². The fourth-order valence-electron chi connectivity index (χ4n) is 5.41. The summed E-state index contributed by atoms with van der Waals surface area (Å²) in [6, 6.07) is 14.4. The van der Waals surface area contributed by atoms with Gasteiger partial charge in [0.2, 0.25) is 11.8 Å². The Hall–Kier alpha value is -2.08. The standard InChI is InChI=1S/C28H36Cl2N2O3.H2/c1-6-24(18(4)33)32-26(19-10-12-21(29)13-11-19)23(20-8-7-9-22(30)14-20)15-28(5,27(32)35)16-25(34)31-17(2)3;/h7-14,17-18,23-24,26,33H,6,15-16H2,1-5H3,(H,31,34);1H/t18-,23+,24?,26+,28+;/m0./s1. The van der Waals surface area contributed by atoms with Gasteiger partial charge >= 0.3 is 0 Å². The van der Waals surface area contributed by atoms with Gasteiger partial charge in [-0.05, 0) is 69.0 Å². The molecule has 3 rings (SSSR count). The number of carbonyl (C=O) groups is 2. The lowest BCUT2D eigenvalue weighted by Crippen LogP contribution is -2.58. The zero-order chi connectivity index (χ0) is 25.9. The summed E-state index contributed by atoms with van der Waals surface area (Å²) in [7, 11) is 0. The molecular weight excluding hydrogens is 483 g/mol. The zero-order valence-electron chi connectivity index (χ0n) is 21.1. The smallest absolute Gasteiger partial charge is 0.229 e. The predicted molar refractivity (Wildman–Crippen MR) is 144 cm³/mol. The second-order valence-electron chi connectivity index (χ2n) is 10.3. The molecule has 0 radical (unpaired) electrons. The van der Waals surface area contributed by atoms with Gasteiger partial charge in [0.15, 0.2) is 0 Å². The van der Waals surface area contributed by atoms with Crippen LogP contribution >= 0.6 is 23.2 Å². The fraction of sp³-hybridized carbons (Fsp3) is 0.500. The number of nitrogens with zero attached hydrogens (tertiary/aromatic N) is 1. The van der Waals surface area contributed by atoms with E-state index in [1.807, 2.05) is 81.1 Å². The summed E-state index contributed by atoms with van der Waals surface area (Å²) in [4.78, 5) is 28.9. The van der Waals surface area contributed by atoms with E-state index in [4.69, 9.17) is 23.2 Å². The van der Waals surface area contributed by atoms with Crippen LogP contribution < -0.4 is 5.32 Å². The number of halogens is 2. The lowest BCUT2D eigenvalue weighted by molar-refractivity contribution is -0.160. The van der Waals surface area contributed by atoms with Crippen LogP contribution in [0.25, 0.3) is 0 Å². The van der Waals surface area contributed by atoms with Gasteiger partial charge in [-0.15, -0.1) is 0 Å². The number of rotatable bonds is 8. The molecule has 0 bridgehead atoms. The topological polar surface area (TPSA) is 69.6 Å². The first kappa shape index (κ1) is 27.5. The third-order valence-corrected chi connectivity index (χ3v) is 7.41. The van der Waals surface area contributed by atoms with Gasteiger partial charge in [0.25, 0.3) is 0 Å². The minimum atomic E-state index is -0.947. The summed E-state index contributed by atoms with van der Waals surface area (Å²) in [6.45, 7) is 9.36. The molecule has 1 aliphatic rings. The molecule has 2 N–H and O–H groups in total. The zero-order valence-corrected chi connectivity index (χ0v) is 22.6. The highest BCUT2D eigenvalue weighted by atomic mass is 35.5. The quantitative estimate of drug-likeness (QED) is 0.424. The Balaban J connectivity index is 0.00000456. The molecule has 35 heavy (non-hydrogen) atoms. The molecule has 1 saturated heterocycles. The van der Waals surface area contributed by atoms with E-state index in [2.05, 4.69) is 5.32 Å². The normalized spacial score (nSPS) is 24.4. The number of amides is 2. The minimum absolute atomic E-state index is 0. The lowest BCUT2D eigenvalue weighted by Gasteiger charge is -2.52. The Labute approximate surface area is 220 Å². The molecule has 0 aliphatic carbocycles. The van der Waals surface area contributed by atoms with E-state index >= 15 is 0 Å². The molecule has 7 heteroatoms. The Morgan fingerprint density at radius 1 is 1.14 bits per heavy atom. The average molecular weight is 522 g/mol. The molecule has 0 saturated carbocycles. The maximum absolute atomic E-state index is 14.3. The van der Waals surface area contributed by atoms with Crippen LogP contribution in [-0.4, -0.2) is 40.0 Å². The van der Waals surface area contributed by atoms with Gasteiger partial charge in [-0.1, -0.05) is 61.3 Å². The average Bonchev–Trinajstić information content (AvgIpc) is 2.77. The van der Waals surface area contributed by atoms with E-state index in [1.165, 1.54) is 0 Å². The number of hydrogen-bond donors (Lipinski definition) is 2. The largest absolute Gasteiger partial charge is 0.391 e. The monoisotopic (exact) mass is 520 g/mol. The maximum Gasteiger partial charge on any atom is 0.229 e. The molecule has 2 amide bonds. The van der Waals surface area contributed by atoms with Gasteiger partial charge in [-0.3, -0.25) is 9.59 Å². The highest BCUT2D eigenvalue weighted by molar-refractivity contribution is 6.30. The fourth-order valence-corrected chi connectivity index (χ4v) is 5.73. The SMILES string of the molecule is CCC([C@H](C)O)N1C(=O)[C@@](C)(CC(=O)NC(C)C)C[C@H](c2cccc(Cl)c2)[C@H]1c1ccc(Cl)cc1.[HH]. The Morgan fingerprint density at radius 3 is 2.34 bits per heavy atom.